The molecular formula is C19H29N3O2. The molecule has 1 fully saturated rings. The number of piperidine rings is 1. The van der Waals surface area contributed by atoms with Gasteiger partial charge in [-0.2, -0.15) is 0 Å². The maximum atomic E-state index is 12.6. The molecular weight excluding hydrogens is 302 g/mol. The van der Waals surface area contributed by atoms with Gasteiger partial charge in [0.15, 0.2) is 0 Å². The van der Waals surface area contributed by atoms with E-state index in [4.69, 9.17) is 5.73 Å². The average Bonchev–Trinajstić information content (AvgIpc) is 2.65. The van der Waals surface area contributed by atoms with Crippen LogP contribution in [0.15, 0.2) is 30.3 Å². The Morgan fingerprint density at radius 2 is 2.08 bits per heavy atom. The lowest BCUT2D eigenvalue weighted by atomic mass is 9.95. The van der Waals surface area contributed by atoms with Crippen LogP contribution in [0, 0.1) is 5.92 Å². The third-order valence-corrected chi connectivity index (χ3v) is 4.64. The standard InChI is InChI=1S/C19H29N3O2/c1-2-3-11-17(13-20)21-18(23)16-10-7-12-22(14-16)19(24)15-8-5-4-6-9-15/h4-6,8-9,16-17H,2-3,7,10-14,20H2,1H3,(H,21,23). The van der Waals surface area contributed by atoms with E-state index in [-0.39, 0.29) is 23.8 Å². The lowest BCUT2D eigenvalue weighted by Gasteiger charge is -2.33. The lowest BCUT2D eigenvalue weighted by Crippen LogP contribution is -2.49. The lowest BCUT2D eigenvalue weighted by molar-refractivity contribution is -0.127. The number of amides is 2. The van der Waals surface area contributed by atoms with Crippen molar-refractivity contribution >= 4 is 11.8 Å². The Bertz CT molecular complexity index is 533. The van der Waals surface area contributed by atoms with E-state index in [1.165, 1.54) is 0 Å². The molecule has 1 heterocycles. The van der Waals surface area contributed by atoms with E-state index in [0.29, 0.717) is 25.2 Å². The third kappa shape index (κ3) is 5.06. The van der Waals surface area contributed by atoms with Crippen molar-refractivity contribution in [1.29, 1.82) is 0 Å². The number of benzene rings is 1. The van der Waals surface area contributed by atoms with Gasteiger partial charge in [-0.1, -0.05) is 38.0 Å². The van der Waals surface area contributed by atoms with E-state index in [1.807, 2.05) is 30.3 Å². The zero-order valence-electron chi connectivity index (χ0n) is 14.5. The van der Waals surface area contributed by atoms with E-state index in [9.17, 15) is 9.59 Å². The molecule has 0 radical (unpaired) electrons. The van der Waals surface area contributed by atoms with Crippen LogP contribution in [0.2, 0.25) is 0 Å². The fraction of sp³-hybridized carbons (Fsp3) is 0.579. The van der Waals surface area contributed by atoms with Gasteiger partial charge in [0.1, 0.15) is 0 Å². The van der Waals surface area contributed by atoms with E-state index in [1.54, 1.807) is 4.90 Å². The normalized spacial score (nSPS) is 18.9. The highest BCUT2D eigenvalue weighted by Gasteiger charge is 2.29. The smallest absolute Gasteiger partial charge is 0.253 e. The van der Waals surface area contributed by atoms with Gasteiger partial charge in [-0.3, -0.25) is 9.59 Å². The average molecular weight is 331 g/mol. The molecule has 1 aliphatic rings. The number of rotatable bonds is 7. The highest BCUT2D eigenvalue weighted by atomic mass is 16.2. The maximum absolute atomic E-state index is 12.6. The summed E-state index contributed by atoms with van der Waals surface area (Å²) >= 11 is 0. The van der Waals surface area contributed by atoms with Crippen molar-refractivity contribution in [3.8, 4) is 0 Å². The first-order valence-corrected chi connectivity index (χ1v) is 9.00. The minimum atomic E-state index is -0.137. The van der Waals surface area contributed by atoms with Gasteiger partial charge in [-0.05, 0) is 31.4 Å². The summed E-state index contributed by atoms with van der Waals surface area (Å²) < 4.78 is 0. The predicted octanol–water partition coefficient (Wildman–Crippen LogP) is 2.17. The van der Waals surface area contributed by atoms with E-state index >= 15 is 0 Å². The number of carbonyl (C=O) groups is 2. The largest absolute Gasteiger partial charge is 0.352 e. The number of hydrogen-bond donors (Lipinski definition) is 2. The van der Waals surface area contributed by atoms with Gasteiger partial charge in [0, 0.05) is 31.2 Å². The van der Waals surface area contributed by atoms with Crippen LogP contribution in [0.5, 0.6) is 0 Å². The quantitative estimate of drug-likeness (QED) is 0.804. The molecule has 24 heavy (non-hydrogen) atoms. The van der Waals surface area contributed by atoms with E-state index < -0.39 is 0 Å². The Labute approximate surface area is 144 Å². The Hall–Kier alpha value is -1.88. The zero-order valence-corrected chi connectivity index (χ0v) is 14.5. The number of carbonyl (C=O) groups excluding carboxylic acids is 2. The van der Waals surface area contributed by atoms with Gasteiger partial charge < -0.3 is 16.0 Å². The molecule has 0 saturated carbocycles. The molecule has 5 nitrogen and oxygen atoms in total. The Morgan fingerprint density at radius 1 is 1.33 bits per heavy atom. The molecule has 0 spiro atoms. The van der Waals surface area contributed by atoms with Crippen LogP contribution < -0.4 is 11.1 Å². The van der Waals surface area contributed by atoms with Crippen molar-refractivity contribution in [2.24, 2.45) is 11.7 Å². The number of nitrogens with two attached hydrogens (primary N) is 1. The summed E-state index contributed by atoms with van der Waals surface area (Å²) in [6.07, 6.45) is 4.76. The molecule has 3 N–H and O–H groups in total. The highest BCUT2D eigenvalue weighted by molar-refractivity contribution is 5.94. The fourth-order valence-electron chi connectivity index (χ4n) is 3.16. The maximum Gasteiger partial charge on any atom is 0.253 e. The second kappa shape index (κ2) is 9.42. The summed E-state index contributed by atoms with van der Waals surface area (Å²) in [5.74, 6) is -0.0938. The monoisotopic (exact) mass is 331 g/mol. The second-order valence-corrected chi connectivity index (χ2v) is 6.54. The van der Waals surface area contributed by atoms with Crippen molar-refractivity contribution < 1.29 is 9.59 Å². The molecule has 0 aliphatic carbocycles. The minimum absolute atomic E-state index is 0.00876. The Balaban J connectivity index is 1.92. The van der Waals surface area contributed by atoms with Crippen molar-refractivity contribution in [2.45, 2.75) is 45.1 Å². The highest BCUT2D eigenvalue weighted by Crippen LogP contribution is 2.19. The molecule has 2 unspecified atom stereocenters. The molecule has 2 amide bonds. The SMILES string of the molecule is CCCCC(CN)NC(=O)C1CCCN(C(=O)c2ccccc2)C1. The molecule has 1 aromatic carbocycles. The second-order valence-electron chi connectivity index (χ2n) is 6.54. The van der Waals surface area contributed by atoms with Crippen molar-refractivity contribution in [1.82, 2.24) is 10.2 Å². The van der Waals surface area contributed by atoms with Gasteiger partial charge in [-0.25, -0.2) is 0 Å². The predicted molar refractivity (Wildman–Crippen MR) is 95.6 cm³/mol. The van der Waals surface area contributed by atoms with Crippen LogP contribution in [-0.2, 0) is 4.79 Å². The van der Waals surface area contributed by atoms with Crippen molar-refractivity contribution in [3.63, 3.8) is 0 Å². The van der Waals surface area contributed by atoms with Gasteiger partial charge in [0.05, 0.1) is 5.92 Å². The third-order valence-electron chi connectivity index (χ3n) is 4.64. The number of nitrogens with zero attached hydrogens (tertiary/aromatic N) is 1. The van der Waals surface area contributed by atoms with Gasteiger partial charge in [-0.15, -0.1) is 0 Å². The van der Waals surface area contributed by atoms with Gasteiger partial charge in [0.2, 0.25) is 5.91 Å². The first kappa shape index (κ1) is 18.5. The summed E-state index contributed by atoms with van der Waals surface area (Å²) in [5, 5.41) is 3.07. The summed E-state index contributed by atoms with van der Waals surface area (Å²) in [4.78, 5) is 26.9. The van der Waals surface area contributed by atoms with E-state index in [2.05, 4.69) is 12.2 Å². The summed E-state index contributed by atoms with van der Waals surface area (Å²) in [6.45, 7) is 3.80. The van der Waals surface area contributed by atoms with Gasteiger partial charge in [0.25, 0.3) is 5.91 Å². The minimum Gasteiger partial charge on any atom is -0.352 e. The first-order chi connectivity index (χ1) is 11.7. The van der Waals surface area contributed by atoms with Gasteiger partial charge >= 0.3 is 0 Å². The topological polar surface area (TPSA) is 75.4 Å². The van der Waals surface area contributed by atoms with Crippen LogP contribution in [0.3, 0.4) is 0 Å². The molecule has 132 valence electrons. The summed E-state index contributed by atoms with van der Waals surface area (Å²) in [5.41, 5.74) is 6.45. The molecule has 1 aliphatic heterocycles. The Kier molecular flexibility index (Phi) is 7.25. The van der Waals surface area contributed by atoms with Crippen molar-refractivity contribution in [3.05, 3.63) is 35.9 Å². The van der Waals surface area contributed by atoms with Crippen LogP contribution in [0.1, 0.15) is 49.4 Å². The number of unbranched alkanes of at least 4 members (excludes halogenated alkanes) is 1. The summed E-state index contributed by atoms with van der Waals surface area (Å²) in [6, 6.07) is 9.30. The molecule has 0 aromatic heterocycles. The molecule has 0 bridgehead atoms. The first-order valence-electron chi connectivity index (χ1n) is 9.00. The fourth-order valence-corrected chi connectivity index (χ4v) is 3.16. The van der Waals surface area contributed by atoms with Crippen LogP contribution >= 0.6 is 0 Å². The Morgan fingerprint density at radius 3 is 2.75 bits per heavy atom. The molecule has 5 heteroatoms. The zero-order chi connectivity index (χ0) is 17.4. The van der Waals surface area contributed by atoms with Crippen LogP contribution in [-0.4, -0.2) is 42.4 Å². The van der Waals surface area contributed by atoms with Crippen LogP contribution in [0.25, 0.3) is 0 Å². The van der Waals surface area contributed by atoms with E-state index in [0.717, 1.165) is 32.1 Å². The van der Waals surface area contributed by atoms with Crippen molar-refractivity contribution in [2.75, 3.05) is 19.6 Å². The molecule has 1 aromatic rings. The number of likely N-dealkylation sites (tertiary alicyclic amines) is 1. The molecule has 2 atom stereocenters. The summed E-state index contributed by atoms with van der Waals surface area (Å²) in [7, 11) is 0. The van der Waals surface area contributed by atoms with Crippen LogP contribution in [0.4, 0.5) is 0 Å². The number of hydrogen-bond acceptors (Lipinski definition) is 3. The number of nitrogens with one attached hydrogen (secondary N) is 1. The molecule has 2 rings (SSSR count). The molecule has 1 saturated heterocycles.